The Bertz CT molecular complexity index is 806. The van der Waals surface area contributed by atoms with Crippen LogP contribution in [0.15, 0.2) is 59.0 Å². The molecule has 0 bridgehead atoms. The van der Waals surface area contributed by atoms with Crippen molar-refractivity contribution in [1.82, 2.24) is 10.2 Å². The van der Waals surface area contributed by atoms with Crippen LogP contribution in [-0.4, -0.2) is 10.2 Å². The fourth-order valence-corrected chi connectivity index (χ4v) is 1.99. The van der Waals surface area contributed by atoms with E-state index in [4.69, 9.17) is 14.4 Å². The molecule has 0 N–H and O–H groups in total. The fourth-order valence-electron chi connectivity index (χ4n) is 1.99. The minimum Gasteiger partial charge on any atom is -0.481 e. The zero-order valence-corrected chi connectivity index (χ0v) is 11.9. The van der Waals surface area contributed by atoms with Crippen LogP contribution in [-0.2, 0) is 0 Å². The van der Waals surface area contributed by atoms with E-state index >= 15 is 0 Å². The molecule has 0 aliphatic carbocycles. The van der Waals surface area contributed by atoms with Gasteiger partial charge in [-0.3, -0.25) is 0 Å². The summed E-state index contributed by atoms with van der Waals surface area (Å²) in [6.45, 7) is 1.82. The molecule has 0 amide bonds. The third-order valence-electron chi connectivity index (χ3n) is 3.09. The Kier molecular flexibility index (Phi) is 3.84. The highest BCUT2D eigenvalue weighted by atomic mass is 16.5. The first-order valence-corrected chi connectivity index (χ1v) is 6.82. The Labute approximate surface area is 127 Å². The lowest BCUT2D eigenvalue weighted by Crippen LogP contribution is -2.03. The minimum absolute atomic E-state index is 0.390. The molecule has 1 heterocycles. The van der Waals surface area contributed by atoms with Crippen LogP contribution in [0.2, 0.25) is 0 Å². The van der Waals surface area contributed by atoms with Gasteiger partial charge in [0.1, 0.15) is 5.75 Å². The molecule has 0 radical (unpaired) electrons. The number of benzene rings is 2. The van der Waals surface area contributed by atoms with Crippen LogP contribution in [0.5, 0.6) is 5.75 Å². The van der Waals surface area contributed by atoms with Crippen molar-refractivity contribution in [3.05, 3.63) is 66.1 Å². The lowest BCUT2D eigenvalue weighted by molar-refractivity contribution is 0.189. The molecule has 0 spiro atoms. The largest absolute Gasteiger partial charge is 0.481 e. The van der Waals surface area contributed by atoms with E-state index in [2.05, 4.69) is 16.3 Å². The average Bonchev–Trinajstić information content (AvgIpc) is 3.06. The average molecular weight is 291 g/mol. The number of ether oxygens (including phenoxy) is 1. The first-order chi connectivity index (χ1) is 10.8. The summed E-state index contributed by atoms with van der Waals surface area (Å²) in [6.07, 6.45) is -0.404. The van der Waals surface area contributed by atoms with Crippen molar-refractivity contribution in [2.75, 3.05) is 0 Å². The first-order valence-electron chi connectivity index (χ1n) is 6.82. The van der Waals surface area contributed by atoms with Crippen LogP contribution in [0.3, 0.4) is 0 Å². The highest BCUT2D eigenvalue weighted by Crippen LogP contribution is 2.24. The number of aromatic nitrogens is 2. The molecular weight excluding hydrogens is 278 g/mol. The highest BCUT2D eigenvalue weighted by molar-refractivity contribution is 5.51. The fraction of sp³-hybridized carbons (Fsp3) is 0.118. The summed E-state index contributed by atoms with van der Waals surface area (Å²) in [5.41, 5.74) is 1.40. The number of nitrogens with zero attached hydrogens (tertiary/aromatic N) is 3. The van der Waals surface area contributed by atoms with Crippen LogP contribution >= 0.6 is 0 Å². The second kappa shape index (κ2) is 6.10. The molecule has 3 aromatic rings. The Morgan fingerprint density at radius 3 is 2.68 bits per heavy atom. The molecular formula is C17H13N3O2. The summed E-state index contributed by atoms with van der Waals surface area (Å²) in [6, 6.07) is 18.6. The SMILES string of the molecule is C[C@H](Oc1cccc(C#N)c1)c1nnc(-c2ccccc2)o1. The van der Waals surface area contributed by atoms with Crippen LogP contribution in [0.4, 0.5) is 0 Å². The maximum Gasteiger partial charge on any atom is 0.257 e. The topological polar surface area (TPSA) is 71.9 Å². The zero-order chi connectivity index (χ0) is 15.4. The normalized spacial score (nSPS) is 11.6. The molecule has 1 aromatic heterocycles. The summed E-state index contributed by atoms with van der Waals surface area (Å²) in [7, 11) is 0. The van der Waals surface area contributed by atoms with Gasteiger partial charge in [-0.2, -0.15) is 5.26 Å². The smallest absolute Gasteiger partial charge is 0.257 e. The Morgan fingerprint density at radius 2 is 1.91 bits per heavy atom. The van der Waals surface area contributed by atoms with Gasteiger partial charge < -0.3 is 9.15 Å². The standard InChI is InChI=1S/C17H13N3O2/c1-12(21-15-9-5-6-13(10-15)11-18)16-19-20-17(22-16)14-7-3-2-4-8-14/h2-10,12H,1H3/t12-/m0/s1. The predicted molar refractivity (Wildman–Crippen MR) is 79.9 cm³/mol. The van der Waals surface area contributed by atoms with Crippen molar-refractivity contribution in [3.63, 3.8) is 0 Å². The van der Waals surface area contributed by atoms with Gasteiger partial charge in [-0.15, -0.1) is 10.2 Å². The van der Waals surface area contributed by atoms with E-state index in [1.54, 1.807) is 24.3 Å². The lowest BCUT2D eigenvalue weighted by Gasteiger charge is -2.10. The van der Waals surface area contributed by atoms with E-state index in [1.807, 2.05) is 37.3 Å². The first kappa shape index (κ1) is 13.8. The van der Waals surface area contributed by atoms with Gasteiger partial charge in [0.05, 0.1) is 11.6 Å². The predicted octanol–water partition coefficient (Wildman–Crippen LogP) is 3.75. The van der Waals surface area contributed by atoms with Crippen molar-refractivity contribution >= 4 is 0 Å². The van der Waals surface area contributed by atoms with E-state index < -0.39 is 6.10 Å². The Morgan fingerprint density at radius 1 is 1.09 bits per heavy atom. The van der Waals surface area contributed by atoms with Gasteiger partial charge in [0, 0.05) is 5.56 Å². The maximum absolute atomic E-state index is 8.90. The molecule has 22 heavy (non-hydrogen) atoms. The van der Waals surface area contributed by atoms with Crippen molar-refractivity contribution in [2.24, 2.45) is 0 Å². The van der Waals surface area contributed by atoms with Crippen molar-refractivity contribution in [2.45, 2.75) is 13.0 Å². The van der Waals surface area contributed by atoms with E-state index in [0.717, 1.165) is 5.56 Å². The molecule has 0 fully saturated rings. The molecule has 0 saturated heterocycles. The zero-order valence-electron chi connectivity index (χ0n) is 11.9. The summed E-state index contributed by atoms with van der Waals surface area (Å²) in [5, 5.41) is 17.0. The molecule has 0 unspecified atom stereocenters. The van der Waals surface area contributed by atoms with E-state index in [-0.39, 0.29) is 0 Å². The van der Waals surface area contributed by atoms with Crippen molar-refractivity contribution in [3.8, 4) is 23.3 Å². The van der Waals surface area contributed by atoms with Gasteiger partial charge in [0.25, 0.3) is 5.89 Å². The molecule has 3 rings (SSSR count). The van der Waals surface area contributed by atoms with Gasteiger partial charge >= 0.3 is 0 Å². The Hall–Kier alpha value is -3.13. The second-order valence-electron chi connectivity index (χ2n) is 4.71. The number of rotatable bonds is 4. The number of hydrogen-bond donors (Lipinski definition) is 0. The molecule has 108 valence electrons. The monoisotopic (exact) mass is 291 g/mol. The van der Waals surface area contributed by atoms with E-state index in [1.165, 1.54) is 0 Å². The van der Waals surface area contributed by atoms with Gasteiger partial charge in [0.15, 0.2) is 6.10 Å². The second-order valence-corrected chi connectivity index (χ2v) is 4.71. The number of hydrogen-bond acceptors (Lipinski definition) is 5. The molecule has 1 atom stereocenters. The van der Waals surface area contributed by atoms with E-state index in [9.17, 15) is 0 Å². The summed E-state index contributed by atoms with van der Waals surface area (Å²) in [4.78, 5) is 0. The third-order valence-corrected chi connectivity index (χ3v) is 3.09. The van der Waals surface area contributed by atoms with Crippen molar-refractivity contribution < 1.29 is 9.15 Å². The van der Waals surface area contributed by atoms with Gasteiger partial charge in [-0.05, 0) is 37.3 Å². The highest BCUT2D eigenvalue weighted by Gasteiger charge is 2.16. The van der Waals surface area contributed by atoms with Crippen LogP contribution < -0.4 is 4.74 Å². The quantitative estimate of drug-likeness (QED) is 0.732. The van der Waals surface area contributed by atoms with Crippen LogP contribution in [0.1, 0.15) is 24.5 Å². The summed E-state index contributed by atoms with van der Waals surface area (Å²) >= 11 is 0. The Balaban J connectivity index is 1.77. The molecule has 5 nitrogen and oxygen atoms in total. The van der Waals surface area contributed by atoms with Gasteiger partial charge in [-0.1, -0.05) is 24.3 Å². The van der Waals surface area contributed by atoms with Crippen LogP contribution in [0, 0.1) is 11.3 Å². The molecule has 0 aliphatic heterocycles. The lowest BCUT2D eigenvalue weighted by atomic mass is 10.2. The summed E-state index contributed by atoms with van der Waals surface area (Å²) in [5.74, 6) is 1.43. The molecule has 0 aliphatic rings. The van der Waals surface area contributed by atoms with Gasteiger partial charge in [-0.25, -0.2) is 0 Å². The molecule has 2 aromatic carbocycles. The summed E-state index contributed by atoms with van der Waals surface area (Å²) < 4.78 is 11.4. The number of nitriles is 1. The van der Waals surface area contributed by atoms with E-state index in [0.29, 0.717) is 23.1 Å². The molecule has 5 heteroatoms. The van der Waals surface area contributed by atoms with Crippen molar-refractivity contribution in [1.29, 1.82) is 5.26 Å². The van der Waals surface area contributed by atoms with Gasteiger partial charge in [0.2, 0.25) is 5.89 Å². The third kappa shape index (κ3) is 2.96. The molecule has 0 saturated carbocycles. The minimum atomic E-state index is -0.404. The van der Waals surface area contributed by atoms with Crippen LogP contribution in [0.25, 0.3) is 11.5 Å². The maximum atomic E-state index is 8.90.